The van der Waals surface area contributed by atoms with Crippen LogP contribution in [0.1, 0.15) is 28.8 Å². The molecule has 0 spiro atoms. The zero-order chi connectivity index (χ0) is 19.6. The Morgan fingerprint density at radius 2 is 1.71 bits per heavy atom. The summed E-state index contributed by atoms with van der Waals surface area (Å²) in [6.45, 7) is 2.08. The Morgan fingerprint density at radius 3 is 2.54 bits per heavy atom. The van der Waals surface area contributed by atoms with Crippen LogP contribution in [0.25, 0.3) is 0 Å². The molecule has 2 aromatic carbocycles. The quantitative estimate of drug-likeness (QED) is 0.795. The maximum absolute atomic E-state index is 13.3. The lowest BCUT2D eigenvalue weighted by Crippen LogP contribution is -2.40. The van der Waals surface area contributed by atoms with Crippen molar-refractivity contribution in [2.24, 2.45) is 0 Å². The largest absolute Gasteiger partial charge is 0.379 e. The van der Waals surface area contributed by atoms with Gasteiger partial charge in [0.25, 0.3) is 5.91 Å². The molecule has 0 aliphatic carbocycles. The molecule has 2 aliphatic rings. The minimum atomic E-state index is -3.63. The molecule has 0 aromatic heterocycles. The average Bonchev–Trinajstić information content (AvgIpc) is 2.96. The molecule has 2 heterocycles. The van der Waals surface area contributed by atoms with Crippen LogP contribution in [0.4, 0.5) is 5.69 Å². The summed E-state index contributed by atoms with van der Waals surface area (Å²) in [6, 6.07) is 14.3. The number of carbonyl (C=O) groups is 1. The first-order valence-corrected chi connectivity index (χ1v) is 11.1. The second-order valence-electron chi connectivity index (χ2n) is 7.09. The van der Waals surface area contributed by atoms with Gasteiger partial charge in [0.2, 0.25) is 10.0 Å². The number of anilines is 1. The predicted molar refractivity (Wildman–Crippen MR) is 107 cm³/mol. The summed E-state index contributed by atoms with van der Waals surface area (Å²) in [5.74, 6) is -0.159. The van der Waals surface area contributed by atoms with E-state index in [1.54, 1.807) is 23.1 Å². The van der Waals surface area contributed by atoms with E-state index >= 15 is 0 Å². The van der Waals surface area contributed by atoms with Crippen LogP contribution in [0.2, 0.25) is 0 Å². The number of nitrogens with zero attached hydrogens (tertiary/aromatic N) is 2. The number of carbonyl (C=O) groups excluding carboxylic acids is 1. The van der Waals surface area contributed by atoms with E-state index in [2.05, 4.69) is 6.07 Å². The molecule has 4 rings (SSSR count). The second kappa shape index (κ2) is 8.03. The lowest BCUT2D eigenvalue weighted by Gasteiger charge is -2.26. The lowest BCUT2D eigenvalue weighted by atomic mass is 10.1. The molecule has 0 saturated carbocycles. The van der Waals surface area contributed by atoms with Gasteiger partial charge in [0, 0.05) is 30.9 Å². The molecule has 0 unspecified atom stereocenters. The second-order valence-corrected chi connectivity index (χ2v) is 9.02. The minimum absolute atomic E-state index is 0.156. The molecular weight excluding hydrogens is 376 g/mol. The zero-order valence-corrected chi connectivity index (χ0v) is 16.5. The highest BCUT2D eigenvalue weighted by Gasteiger charge is 2.28. The van der Waals surface area contributed by atoms with Crippen LogP contribution in [0.15, 0.2) is 53.4 Å². The average molecular weight is 401 g/mol. The molecule has 1 fully saturated rings. The maximum Gasteiger partial charge on any atom is 0.258 e. The van der Waals surface area contributed by atoms with Crippen LogP contribution in [0.3, 0.4) is 0 Å². The van der Waals surface area contributed by atoms with Crippen molar-refractivity contribution in [2.75, 3.05) is 37.7 Å². The number of amides is 1. The fraction of sp³-hybridized carbons (Fsp3) is 0.381. The van der Waals surface area contributed by atoms with Crippen molar-refractivity contribution in [3.05, 3.63) is 59.7 Å². The molecule has 2 aromatic rings. The van der Waals surface area contributed by atoms with Gasteiger partial charge in [0.05, 0.1) is 18.1 Å². The van der Waals surface area contributed by atoms with Gasteiger partial charge in [-0.3, -0.25) is 4.79 Å². The number of hydrogen-bond acceptors (Lipinski definition) is 4. The minimum Gasteiger partial charge on any atom is -0.379 e. The van der Waals surface area contributed by atoms with E-state index in [0.29, 0.717) is 38.4 Å². The fourth-order valence-corrected chi connectivity index (χ4v) is 5.24. The number of morpholine rings is 1. The summed E-state index contributed by atoms with van der Waals surface area (Å²) in [4.78, 5) is 15.2. The van der Waals surface area contributed by atoms with Gasteiger partial charge >= 0.3 is 0 Å². The molecule has 1 amide bonds. The van der Waals surface area contributed by atoms with Gasteiger partial charge in [0.1, 0.15) is 0 Å². The van der Waals surface area contributed by atoms with Gasteiger partial charge in [-0.05, 0) is 49.1 Å². The van der Waals surface area contributed by atoms with Crippen molar-refractivity contribution < 1.29 is 17.9 Å². The summed E-state index contributed by atoms with van der Waals surface area (Å²) in [5, 5.41) is 0. The first-order valence-electron chi connectivity index (χ1n) is 9.65. The standard InChI is InChI=1S/C21H24N2O4S/c24-21(23-11-4-3-7-17-6-1-2-10-20(17)23)18-8-5-9-19(16-18)28(25,26)22-12-14-27-15-13-22/h1-2,5-6,8-10,16H,3-4,7,11-15H2. The van der Waals surface area contributed by atoms with Crippen LogP contribution in [0, 0.1) is 0 Å². The van der Waals surface area contributed by atoms with Crippen molar-refractivity contribution in [1.29, 1.82) is 0 Å². The number of para-hydroxylation sites is 1. The third-order valence-electron chi connectivity index (χ3n) is 5.29. The molecule has 6 nitrogen and oxygen atoms in total. The summed E-state index contributed by atoms with van der Waals surface area (Å²) in [7, 11) is -3.63. The molecule has 1 saturated heterocycles. The number of ether oxygens (including phenoxy) is 1. The van der Waals surface area contributed by atoms with Crippen molar-refractivity contribution in [1.82, 2.24) is 4.31 Å². The van der Waals surface area contributed by atoms with E-state index in [9.17, 15) is 13.2 Å². The van der Waals surface area contributed by atoms with Crippen LogP contribution in [0.5, 0.6) is 0 Å². The smallest absolute Gasteiger partial charge is 0.258 e. The highest BCUT2D eigenvalue weighted by molar-refractivity contribution is 7.89. The predicted octanol–water partition coefficient (Wildman–Crippen LogP) is 2.69. The fourth-order valence-electron chi connectivity index (χ4n) is 3.78. The summed E-state index contributed by atoms with van der Waals surface area (Å²) in [6.07, 6.45) is 2.91. The van der Waals surface area contributed by atoms with Crippen molar-refractivity contribution in [3.63, 3.8) is 0 Å². The van der Waals surface area contributed by atoms with E-state index in [-0.39, 0.29) is 10.8 Å². The Bertz CT molecular complexity index is 968. The summed E-state index contributed by atoms with van der Waals surface area (Å²) < 4.78 is 32.5. The van der Waals surface area contributed by atoms with Crippen molar-refractivity contribution in [2.45, 2.75) is 24.2 Å². The molecule has 28 heavy (non-hydrogen) atoms. The summed E-state index contributed by atoms with van der Waals surface area (Å²) >= 11 is 0. The number of rotatable bonds is 3. The Hall–Kier alpha value is -2.22. The van der Waals surface area contributed by atoms with E-state index in [1.807, 2.05) is 18.2 Å². The SMILES string of the molecule is O=C(c1cccc(S(=O)(=O)N2CCOCC2)c1)N1CCCCc2ccccc21. The molecule has 7 heteroatoms. The monoisotopic (exact) mass is 400 g/mol. The highest BCUT2D eigenvalue weighted by atomic mass is 32.2. The van der Waals surface area contributed by atoms with Crippen LogP contribution < -0.4 is 4.90 Å². The molecule has 0 radical (unpaired) electrons. The first kappa shape index (κ1) is 19.1. The van der Waals surface area contributed by atoms with Gasteiger partial charge < -0.3 is 9.64 Å². The number of sulfonamides is 1. The Labute approximate surface area is 165 Å². The van der Waals surface area contributed by atoms with E-state index in [1.165, 1.54) is 10.4 Å². The molecule has 0 atom stereocenters. The highest BCUT2D eigenvalue weighted by Crippen LogP contribution is 2.28. The normalized spacial score (nSPS) is 18.4. The first-order chi connectivity index (χ1) is 13.6. The van der Waals surface area contributed by atoms with Crippen LogP contribution >= 0.6 is 0 Å². The Kier molecular flexibility index (Phi) is 5.48. The molecule has 0 N–H and O–H groups in total. The number of hydrogen-bond donors (Lipinski definition) is 0. The summed E-state index contributed by atoms with van der Waals surface area (Å²) in [5.41, 5.74) is 2.47. The van der Waals surface area contributed by atoms with Gasteiger partial charge in [-0.2, -0.15) is 4.31 Å². The topological polar surface area (TPSA) is 66.9 Å². The number of fused-ring (bicyclic) bond motifs is 1. The van der Waals surface area contributed by atoms with Gasteiger partial charge in [-0.25, -0.2) is 8.42 Å². The van der Waals surface area contributed by atoms with E-state index in [4.69, 9.17) is 4.74 Å². The van der Waals surface area contributed by atoms with Crippen LogP contribution in [-0.4, -0.2) is 51.5 Å². The third-order valence-corrected chi connectivity index (χ3v) is 7.19. The Balaban J connectivity index is 1.65. The molecular formula is C21H24N2O4S. The van der Waals surface area contributed by atoms with Gasteiger partial charge in [-0.15, -0.1) is 0 Å². The molecule has 0 bridgehead atoms. The van der Waals surface area contributed by atoms with Gasteiger partial charge in [-0.1, -0.05) is 24.3 Å². The number of aryl methyl sites for hydroxylation is 1. The number of benzene rings is 2. The van der Waals surface area contributed by atoms with Crippen LogP contribution in [-0.2, 0) is 21.2 Å². The van der Waals surface area contributed by atoms with Crippen molar-refractivity contribution >= 4 is 21.6 Å². The third kappa shape index (κ3) is 3.70. The zero-order valence-electron chi connectivity index (χ0n) is 15.7. The maximum atomic E-state index is 13.3. The Morgan fingerprint density at radius 1 is 0.929 bits per heavy atom. The molecule has 2 aliphatic heterocycles. The molecule has 148 valence electrons. The van der Waals surface area contributed by atoms with E-state index in [0.717, 1.165) is 30.5 Å². The van der Waals surface area contributed by atoms with E-state index < -0.39 is 10.0 Å². The van der Waals surface area contributed by atoms with Gasteiger partial charge in [0.15, 0.2) is 0 Å². The van der Waals surface area contributed by atoms with Crippen molar-refractivity contribution in [3.8, 4) is 0 Å². The lowest BCUT2D eigenvalue weighted by molar-refractivity contribution is 0.0730.